The zero-order valence-corrected chi connectivity index (χ0v) is 10.3. The number of rotatable bonds is 1. The molecule has 1 aromatic carbocycles. The second-order valence-corrected chi connectivity index (χ2v) is 4.34. The van der Waals surface area contributed by atoms with Crippen LogP contribution in [0.5, 0.6) is 0 Å². The van der Waals surface area contributed by atoms with Gasteiger partial charge >= 0.3 is 0 Å². The Morgan fingerprint density at radius 1 is 1.53 bits per heavy atom. The second-order valence-electron chi connectivity index (χ2n) is 3.93. The lowest BCUT2D eigenvalue weighted by Gasteiger charge is -2.28. The molecule has 3 nitrogen and oxygen atoms in total. The minimum Gasteiger partial charge on any atom is -0.368 e. The summed E-state index contributed by atoms with van der Waals surface area (Å²) in [7, 11) is 3.38. The van der Waals surface area contributed by atoms with Crippen LogP contribution in [0, 0.1) is 5.82 Å². The first-order chi connectivity index (χ1) is 8.02. The normalized spacial score (nSPS) is 14.1. The third kappa shape index (κ3) is 2.13. The van der Waals surface area contributed by atoms with Crippen LogP contribution < -0.4 is 10.2 Å². The zero-order chi connectivity index (χ0) is 12.6. The molecule has 0 bridgehead atoms. The van der Waals surface area contributed by atoms with Crippen LogP contribution in [0.25, 0.3) is 6.08 Å². The average molecular weight is 255 g/mol. The fourth-order valence-corrected chi connectivity index (χ4v) is 2.32. The van der Waals surface area contributed by atoms with Crippen LogP contribution in [0.3, 0.4) is 0 Å². The van der Waals surface area contributed by atoms with E-state index in [0.717, 1.165) is 5.69 Å². The molecule has 90 valence electrons. The van der Waals surface area contributed by atoms with Crippen LogP contribution in [0.2, 0.25) is 5.02 Å². The van der Waals surface area contributed by atoms with Crippen LogP contribution in [0.4, 0.5) is 10.1 Å². The third-order valence-corrected chi connectivity index (χ3v) is 2.98. The highest BCUT2D eigenvalue weighted by Gasteiger charge is 2.21. The summed E-state index contributed by atoms with van der Waals surface area (Å²) in [6.07, 6.45) is 1.67. The van der Waals surface area contributed by atoms with Crippen LogP contribution >= 0.6 is 11.6 Å². The zero-order valence-electron chi connectivity index (χ0n) is 9.55. The molecule has 2 rings (SSSR count). The topological polar surface area (TPSA) is 32.3 Å². The standard InChI is InChI=1S/C12H12ClFN2O/c1-15-12(17)8-3-7-4-9(14)5-10(13)11(7)16(2)6-8/h3-5H,6H2,1-2H3,(H,15,17). The number of anilines is 1. The Morgan fingerprint density at radius 3 is 2.88 bits per heavy atom. The average Bonchev–Trinajstić information content (AvgIpc) is 2.26. The van der Waals surface area contributed by atoms with Crippen molar-refractivity contribution in [3.8, 4) is 0 Å². The molecule has 0 spiro atoms. The van der Waals surface area contributed by atoms with E-state index in [4.69, 9.17) is 11.6 Å². The van der Waals surface area contributed by atoms with Gasteiger partial charge in [-0.05, 0) is 18.2 Å². The van der Waals surface area contributed by atoms with E-state index in [1.54, 1.807) is 13.1 Å². The maximum Gasteiger partial charge on any atom is 0.248 e. The first-order valence-electron chi connectivity index (χ1n) is 5.15. The molecule has 0 fully saturated rings. The third-order valence-electron chi connectivity index (χ3n) is 2.70. The maximum atomic E-state index is 13.3. The number of hydrogen-bond donors (Lipinski definition) is 1. The quantitative estimate of drug-likeness (QED) is 0.832. The molecular weight excluding hydrogens is 243 g/mol. The SMILES string of the molecule is CNC(=O)C1=Cc2cc(F)cc(Cl)c2N(C)C1. The van der Waals surface area contributed by atoms with Gasteiger partial charge in [-0.15, -0.1) is 0 Å². The summed E-state index contributed by atoms with van der Waals surface area (Å²) < 4.78 is 13.3. The van der Waals surface area contributed by atoms with E-state index in [2.05, 4.69) is 5.32 Å². The molecular formula is C12H12ClFN2O. The monoisotopic (exact) mass is 254 g/mol. The van der Waals surface area contributed by atoms with Crippen LogP contribution in [-0.4, -0.2) is 26.5 Å². The second kappa shape index (κ2) is 4.37. The maximum absolute atomic E-state index is 13.3. The lowest BCUT2D eigenvalue weighted by molar-refractivity contribution is -0.116. The van der Waals surface area contributed by atoms with Gasteiger partial charge in [0, 0.05) is 31.8 Å². The fourth-order valence-electron chi connectivity index (χ4n) is 1.96. The molecule has 0 aromatic heterocycles. The largest absolute Gasteiger partial charge is 0.368 e. The molecule has 5 heteroatoms. The van der Waals surface area contributed by atoms with E-state index in [-0.39, 0.29) is 5.91 Å². The van der Waals surface area contributed by atoms with Crippen molar-refractivity contribution >= 4 is 29.3 Å². The molecule has 1 aliphatic heterocycles. The molecule has 1 amide bonds. The molecule has 0 unspecified atom stereocenters. The van der Waals surface area contributed by atoms with E-state index < -0.39 is 5.82 Å². The number of halogens is 2. The molecule has 17 heavy (non-hydrogen) atoms. The van der Waals surface area contributed by atoms with Gasteiger partial charge in [-0.3, -0.25) is 4.79 Å². The Hall–Kier alpha value is -1.55. The number of nitrogens with zero attached hydrogens (tertiary/aromatic N) is 1. The number of hydrogen-bond acceptors (Lipinski definition) is 2. The fraction of sp³-hybridized carbons (Fsp3) is 0.250. The summed E-state index contributed by atoms with van der Waals surface area (Å²) in [6.45, 7) is 0.456. The van der Waals surface area contributed by atoms with Gasteiger partial charge in [0.2, 0.25) is 5.91 Å². The smallest absolute Gasteiger partial charge is 0.248 e. The van der Waals surface area contributed by atoms with E-state index >= 15 is 0 Å². The highest BCUT2D eigenvalue weighted by atomic mass is 35.5. The van der Waals surface area contributed by atoms with Crippen molar-refractivity contribution in [3.05, 3.63) is 34.1 Å². The predicted molar refractivity (Wildman–Crippen MR) is 66.7 cm³/mol. The van der Waals surface area contributed by atoms with Gasteiger partial charge in [0.05, 0.1) is 10.7 Å². The van der Waals surface area contributed by atoms with Crippen molar-refractivity contribution in [2.75, 3.05) is 25.5 Å². The van der Waals surface area contributed by atoms with Gasteiger partial charge < -0.3 is 10.2 Å². The number of benzene rings is 1. The van der Waals surface area contributed by atoms with Crippen molar-refractivity contribution < 1.29 is 9.18 Å². The van der Waals surface area contributed by atoms with Crippen molar-refractivity contribution in [1.82, 2.24) is 5.32 Å². The Kier molecular flexibility index (Phi) is 3.07. The summed E-state index contributed by atoms with van der Waals surface area (Å²) in [5.41, 5.74) is 1.97. The van der Waals surface area contributed by atoms with E-state index in [1.807, 2.05) is 11.9 Å². The van der Waals surface area contributed by atoms with Crippen LogP contribution in [0.15, 0.2) is 17.7 Å². The molecule has 0 saturated carbocycles. The van der Waals surface area contributed by atoms with Gasteiger partial charge in [0.25, 0.3) is 0 Å². The molecule has 0 aliphatic carbocycles. The summed E-state index contributed by atoms with van der Waals surface area (Å²) in [5.74, 6) is -0.570. The molecule has 0 atom stereocenters. The number of fused-ring (bicyclic) bond motifs is 1. The summed E-state index contributed by atoms with van der Waals surface area (Å²) in [5, 5.41) is 2.91. The number of amides is 1. The molecule has 1 N–H and O–H groups in total. The Morgan fingerprint density at radius 2 is 2.24 bits per heavy atom. The van der Waals surface area contributed by atoms with E-state index in [9.17, 15) is 9.18 Å². The predicted octanol–water partition coefficient (Wildman–Crippen LogP) is 2.06. The molecule has 1 heterocycles. The van der Waals surface area contributed by atoms with Crippen molar-refractivity contribution in [2.24, 2.45) is 0 Å². The Labute approximate surface area is 104 Å². The molecule has 0 radical (unpaired) electrons. The van der Waals surface area contributed by atoms with E-state index in [1.165, 1.54) is 12.1 Å². The van der Waals surface area contributed by atoms with Crippen LogP contribution in [0.1, 0.15) is 5.56 Å². The summed E-state index contributed by atoms with van der Waals surface area (Å²) in [6, 6.07) is 2.65. The molecule has 1 aromatic rings. The van der Waals surface area contributed by atoms with Crippen molar-refractivity contribution in [2.45, 2.75) is 0 Å². The van der Waals surface area contributed by atoms with Gasteiger partial charge in [0.1, 0.15) is 5.82 Å². The van der Waals surface area contributed by atoms with Gasteiger partial charge in [-0.25, -0.2) is 4.39 Å². The van der Waals surface area contributed by atoms with Crippen molar-refractivity contribution in [1.29, 1.82) is 0 Å². The Bertz CT molecular complexity index is 513. The molecule has 0 saturated heterocycles. The minimum absolute atomic E-state index is 0.164. The van der Waals surface area contributed by atoms with Gasteiger partial charge in [-0.1, -0.05) is 11.6 Å². The number of carbonyl (C=O) groups excluding carboxylic acids is 1. The number of nitrogens with one attached hydrogen (secondary N) is 1. The molecule has 1 aliphatic rings. The highest BCUT2D eigenvalue weighted by Crippen LogP contribution is 2.35. The highest BCUT2D eigenvalue weighted by molar-refractivity contribution is 6.33. The first kappa shape index (κ1) is 11.9. The minimum atomic E-state index is -0.406. The lowest BCUT2D eigenvalue weighted by atomic mass is 10.0. The van der Waals surface area contributed by atoms with Crippen LogP contribution in [-0.2, 0) is 4.79 Å². The lowest BCUT2D eigenvalue weighted by Crippen LogP contribution is -2.32. The van der Waals surface area contributed by atoms with E-state index in [0.29, 0.717) is 22.7 Å². The Balaban J connectivity index is 2.55. The van der Waals surface area contributed by atoms with Gasteiger partial charge in [0.15, 0.2) is 0 Å². The number of likely N-dealkylation sites (N-methyl/N-ethyl adjacent to an activating group) is 2. The number of carbonyl (C=O) groups is 1. The summed E-state index contributed by atoms with van der Waals surface area (Å²) >= 11 is 5.99. The summed E-state index contributed by atoms with van der Waals surface area (Å²) in [4.78, 5) is 13.4. The first-order valence-corrected chi connectivity index (χ1v) is 5.53. The van der Waals surface area contributed by atoms with Gasteiger partial charge in [-0.2, -0.15) is 0 Å². The van der Waals surface area contributed by atoms with Crippen molar-refractivity contribution in [3.63, 3.8) is 0 Å².